The van der Waals surface area contributed by atoms with Crippen LogP contribution in [0.15, 0.2) is 107 Å². The fourth-order valence-corrected chi connectivity index (χ4v) is 5.12. The molecule has 2 atom stereocenters. The van der Waals surface area contributed by atoms with Crippen LogP contribution in [0.2, 0.25) is 0 Å². The van der Waals surface area contributed by atoms with Gasteiger partial charge in [-0.3, -0.25) is 15.0 Å². The summed E-state index contributed by atoms with van der Waals surface area (Å²) in [5.41, 5.74) is 3.11. The Labute approximate surface area is 251 Å². The van der Waals surface area contributed by atoms with Gasteiger partial charge in [0, 0.05) is 48.6 Å². The molecule has 199 valence electrons. The van der Waals surface area contributed by atoms with Gasteiger partial charge in [0.2, 0.25) is 0 Å². The molecule has 0 aromatic heterocycles. The maximum atomic E-state index is 12.3. The van der Waals surface area contributed by atoms with Crippen molar-refractivity contribution in [2.75, 3.05) is 26.7 Å². The van der Waals surface area contributed by atoms with Gasteiger partial charge in [0.05, 0.1) is 41.0 Å². The van der Waals surface area contributed by atoms with Crippen LogP contribution in [-0.4, -0.2) is 83.3 Å². The standard InChI is InChI=1S/C29H34N6O3.Na/c1-33(30-36)21-27(19-24-11-5-2-6-12-24)34(31-37)22-28(20-25-13-7-3-8-14-25)35(32-38)23-29(17-18-29)26-15-9-4-10-16-26;/h2-16,27-28H,17-23H2,1H3;/t27-,28-;/m0./s1. The maximum absolute atomic E-state index is 12.3. The molecule has 1 radical (unpaired) electrons. The maximum Gasteiger partial charge on any atom is 0.0736 e. The largest absolute Gasteiger partial charge is 0.262 e. The summed E-state index contributed by atoms with van der Waals surface area (Å²) in [6.07, 6.45) is 2.96. The Balaban J connectivity index is 0.00000420. The number of nitrogens with zero attached hydrogens (tertiary/aromatic N) is 6. The topological polar surface area (TPSA) is 98.0 Å². The quantitative estimate of drug-likeness (QED) is 0.143. The van der Waals surface area contributed by atoms with Crippen LogP contribution < -0.4 is 0 Å². The second-order valence-electron chi connectivity index (χ2n) is 10.1. The molecule has 3 aromatic carbocycles. The van der Waals surface area contributed by atoms with E-state index in [-0.39, 0.29) is 48.1 Å². The number of hydrogen-bond acceptors (Lipinski definition) is 6. The zero-order valence-corrected chi connectivity index (χ0v) is 24.7. The van der Waals surface area contributed by atoms with Crippen molar-refractivity contribution in [3.8, 4) is 0 Å². The number of hydrogen-bond donors (Lipinski definition) is 0. The van der Waals surface area contributed by atoms with Crippen LogP contribution in [0.3, 0.4) is 0 Å². The molecule has 3 aromatic rings. The van der Waals surface area contributed by atoms with Crippen molar-refractivity contribution in [3.05, 3.63) is 122 Å². The molecule has 0 spiro atoms. The first-order valence-electron chi connectivity index (χ1n) is 12.9. The first kappa shape index (κ1) is 30.4. The average Bonchev–Trinajstić information content (AvgIpc) is 3.76. The Morgan fingerprint density at radius 2 is 1.13 bits per heavy atom. The molecule has 0 saturated heterocycles. The Morgan fingerprint density at radius 1 is 0.667 bits per heavy atom. The molecule has 1 saturated carbocycles. The molecular weight excluding hydrogens is 503 g/mol. The molecule has 0 aliphatic heterocycles. The predicted molar refractivity (Wildman–Crippen MR) is 154 cm³/mol. The van der Waals surface area contributed by atoms with E-state index in [9.17, 15) is 14.7 Å². The predicted octanol–water partition coefficient (Wildman–Crippen LogP) is 5.14. The zero-order chi connectivity index (χ0) is 26.8. The van der Waals surface area contributed by atoms with Gasteiger partial charge in [-0.2, -0.15) is 0 Å². The third-order valence-corrected chi connectivity index (χ3v) is 7.40. The van der Waals surface area contributed by atoms with Gasteiger partial charge in [-0.25, -0.2) is 0 Å². The molecule has 0 bridgehead atoms. The van der Waals surface area contributed by atoms with Crippen molar-refractivity contribution in [1.29, 1.82) is 0 Å². The molecule has 10 heteroatoms. The van der Waals surface area contributed by atoms with Crippen LogP contribution >= 0.6 is 0 Å². The summed E-state index contributed by atoms with van der Waals surface area (Å²) in [5, 5.41) is 14.2. The minimum atomic E-state index is -0.423. The molecule has 4 rings (SSSR count). The third kappa shape index (κ3) is 8.42. The summed E-state index contributed by atoms with van der Waals surface area (Å²) < 4.78 is 0. The van der Waals surface area contributed by atoms with Crippen LogP contribution in [0.1, 0.15) is 29.5 Å². The second-order valence-corrected chi connectivity index (χ2v) is 10.1. The molecule has 1 fully saturated rings. The molecule has 1 aliphatic carbocycles. The van der Waals surface area contributed by atoms with Gasteiger partial charge >= 0.3 is 0 Å². The Hall–Kier alpha value is -3.14. The fraction of sp³-hybridized carbons (Fsp3) is 0.379. The van der Waals surface area contributed by atoms with E-state index in [2.05, 4.69) is 28.0 Å². The molecule has 0 N–H and O–H groups in total. The van der Waals surface area contributed by atoms with Gasteiger partial charge in [-0.05, 0) is 42.4 Å². The summed E-state index contributed by atoms with van der Waals surface area (Å²) in [4.78, 5) is 35.8. The van der Waals surface area contributed by atoms with E-state index in [0.717, 1.165) is 24.0 Å². The minimum Gasteiger partial charge on any atom is -0.262 e. The number of benzene rings is 3. The van der Waals surface area contributed by atoms with Crippen LogP contribution in [0, 0.1) is 14.7 Å². The van der Waals surface area contributed by atoms with E-state index in [1.165, 1.54) is 15.6 Å². The first-order valence-corrected chi connectivity index (χ1v) is 12.9. The minimum absolute atomic E-state index is 0. The molecule has 0 unspecified atom stereocenters. The van der Waals surface area contributed by atoms with E-state index in [4.69, 9.17) is 0 Å². The number of nitroso groups, excluding NO2 is 3. The van der Waals surface area contributed by atoms with Gasteiger partial charge in [0.25, 0.3) is 0 Å². The Kier molecular flexibility index (Phi) is 11.6. The zero-order valence-electron chi connectivity index (χ0n) is 22.7. The number of rotatable bonds is 16. The van der Waals surface area contributed by atoms with E-state index in [0.29, 0.717) is 19.4 Å². The molecule has 9 nitrogen and oxygen atoms in total. The van der Waals surface area contributed by atoms with Crippen molar-refractivity contribution in [2.24, 2.45) is 15.9 Å². The summed E-state index contributed by atoms with van der Waals surface area (Å²) >= 11 is 0. The molecular formula is C29H34N6NaO3. The van der Waals surface area contributed by atoms with Crippen molar-refractivity contribution in [3.63, 3.8) is 0 Å². The number of likely N-dealkylation sites (N-methyl/N-ethyl adjacent to an activating group) is 1. The summed E-state index contributed by atoms with van der Waals surface area (Å²) in [6, 6.07) is 29.0. The van der Waals surface area contributed by atoms with Gasteiger partial charge in [0.15, 0.2) is 0 Å². The van der Waals surface area contributed by atoms with E-state index >= 15 is 0 Å². The van der Waals surface area contributed by atoms with Crippen molar-refractivity contribution in [1.82, 2.24) is 15.0 Å². The van der Waals surface area contributed by atoms with Gasteiger partial charge in [0.1, 0.15) is 0 Å². The van der Waals surface area contributed by atoms with Crippen molar-refractivity contribution < 1.29 is 0 Å². The third-order valence-electron chi connectivity index (χ3n) is 7.40. The van der Waals surface area contributed by atoms with Crippen molar-refractivity contribution >= 4 is 29.6 Å². The Bertz CT molecular complexity index is 1170. The summed E-state index contributed by atoms with van der Waals surface area (Å²) in [7, 11) is 1.57. The van der Waals surface area contributed by atoms with Crippen molar-refractivity contribution in [2.45, 2.75) is 43.2 Å². The van der Waals surface area contributed by atoms with Crippen LogP contribution in [0.25, 0.3) is 0 Å². The smallest absolute Gasteiger partial charge is 0.0736 e. The molecule has 1 aliphatic rings. The van der Waals surface area contributed by atoms with E-state index in [1.807, 2.05) is 78.9 Å². The SMILES string of the molecule is CN(C[C@H](Cc1ccccc1)N(C[C@H](Cc1ccccc1)N(CC1(c2ccccc2)CC1)N=O)N=O)N=O.[Na]. The van der Waals surface area contributed by atoms with Gasteiger partial charge in [-0.1, -0.05) is 91.0 Å². The fourth-order valence-electron chi connectivity index (χ4n) is 5.12. The van der Waals surface area contributed by atoms with Crippen LogP contribution in [-0.2, 0) is 18.3 Å². The van der Waals surface area contributed by atoms with Crippen LogP contribution in [0.4, 0.5) is 0 Å². The van der Waals surface area contributed by atoms with Crippen LogP contribution in [0.5, 0.6) is 0 Å². The average molecular weight is 538 g/mol. The summed E-state index contributed by atoms with van der Waals surface area (Å²) in [6.45, 7) is 0.855. The van der Waals surface area contributed by atoms with E-state index < -0.39 is 12.1 Å². The monoisotopic (exact) mass is 537 g/mol. The Morgan fingerprint density at radius 3 is 1.56 bits per heavy atom. The molecule has 0 heterocycles. The van der Waals surface area contributed by atoms with Gasteiger partial charge < -0.3 is 0 Å². The second kappa shape index (κ2) is 14.9. The normalized spacial score (nSPS) is 14.7. The summed E-state index contributed by atoms with van der Waals surface area (Å²) in [5.74, 6) is 0. The molecule has 39 heavy (non-hydrogen) atoms. The molecule has 0 amide bonds. The first-order chi connectivity index (χ1) is 18.6. The van der Waals surface area contributed by atoms with Gasteiger partial charge in [-0.15, -0.1) is 14.7 Å². The van der Waals surface area contributed by atoms with E-state index in [1.54, 1.807) is 12.1 Å².